The summed E-state index contributed by atoms with van der Waals surface area (Å²) in [6, 6.07) is 0. The van der Waals surface area contributed by atoms with Crippen LogP contribution in [-0.4, -0.2) is 43.9 Å². The van der Waals surface area contributed by atoms with E-state index in [-0.39, 0.29) is 47.3 Å². The minimum atomic E-state index is -1.69. The molecule has 4 rings (SSSR count). The van der Waals surface area contributed by atoms with E-state index in [1.807, 2.05) is 24.3 Å². The third-order valence-corrected chi connectivity index (χ3v) is 10.2. The first-order valence-electron chi connectivity index (χ1n) is 9.91. The lowest BCUT2D eigenvalue weighted by molar-refractivity contribution is -0.134. The molecule has 2 aliphatic heterocycles. The molecule has 4 unspecified atom stereocenters. The number of halogens is 7. The van der Waals surface area contributed by atoms with Gasteiger partial charge in [-0.25, -0.2) is 8.61 Å². The summed E-state index contributed by atoms with van der Waals surface area (Å²) in [5.74, 6) is -2.26. The van der Waals surface area contributed by atoms with Crippen LogP contribution in [0.2, 0.25) is 0 Å². The molecule has 0 N–H and O–H groups in total. The number of fused-ring (bicyclic) bond motifs is 2. The molecule has 0 radical (unpaired) electrons. The summed E-state index contributed by atoms with van der Waals surface area (Å²) in [7, 11) is 0. The highest BCUT2D eigenvalue weighted by molar-refractivity contribution is 8.03. The molecule has 0 spiro atoms. The number of hydrogen-bond acceptors (Lipinski definition) is 6. The molecule has 0 aromatic heterocycles. The smallest absolute Gasteiger partial charge is 0.256 e. The third-order valence-electron chi connectivity index (χ3n) is 5.60. The monoisotopic (exact) mass is 646 g/mol. The zero-order valence-electron chi connectivity index (χ0n) is 17.0. The average molecular weight is 650 g/mol. The molecule has 0 saturated carbocycles. The second kappa shape index (κ2) is 11.5. The Morgan fingerprint density at radius 1 is 0.647 bits per heavy atom. The number of rotatable bonds is 4. The van der Waals surface area contributed by atoms with Gasteiger partial charge in [0.2, 0.25) is 27.3 Å². The van der Waals surface area contributed by atoms with Crippen LogP contribution < -0.4 is 0 Å². The van der Waals surface area contributed by atoms with Crippen molar-refractivity contribution in [1.82, 2.24) is 8.61 Å². The standard InChI is InChI=1S/C10H9Cl4NO2S.C9H8Cl3NO2S/c11-9(12)10(13,14)18-15-7(16)5-3-1-2-4-6(5)8(15)17;10-9(11,12)16-13-7(14)5-3-1-2-4-6(5)8(13)15/h1-2,5-6,9H,3-4H2;1-2,5-6H,3-4H2. The molecule has 0 aromatic carbocycles. The summed E-state index contributed by atoms with van der Waals surface area (Å²) in [6.45, 7) is 0. The van der Waals surface area contributed by atoms with Crippen molar-refractivity contribution < 1.29 is 19.2 Å². The van der Waals surface area contributed by atoms with E-state index in [4.69, 9.17) is 81.2 Å². The molecule has 2 heterocycles. The van der Waals surface area contributed by atoms with Crippen molar-refractivity contribution in [2.45, 2.75) is 37.3 Å². The molecule has 6 nitrogen and oxygen atoms in total. The van der Waals surface area contributed by atoms with Gasteiger partial charge in [0.05, 0.1) is 23.7 Å². The van der Waals surface area contributed by atoms with Crippen molar-refractivity contribution in [2.24, 2.45) is 23.7 Å². The van der Waals surface area contributed by atoms with Gasteiger partial charge < -0.3 is 0 Å². The van der Waals surface area contributed by atoms with Gasteiger partial charge in [0.15, 0.2) is 4.84 Å². The largest absolute Gasteiger partial charge is 0.273 e. The number of carbonyl (C=O) groups is 4. The lowest BCUT2D eigenvalue weighted by Gasteiger charge is -2.24. The first-order chi connectivity index (χ1) is 15.7. The minimum absolute atomic E-state index is 0.254. The Bertz CT molecular complexity index is 873. The molecule has 4 atom stereocenters. The predicted octanol–water partition coefficient (Wildman–Crippen LogP) is 6.43. The number of allylic oxidation sites excluding steroid dienone is 4. The highest BCUT2D eigenvalue weighted by Gasteiger charge is 2.52. The third kappa shape index (κ3) is 6.48. The lowest BCUT2D eigenvalue weighted by atomic mass is 9.85. The van der Waals surface area contributed by atoms with E-state index in [2.05, 4.69) is 0 Å². The van der Waals surface area contributed by atoms with Crippen LogP contribution in [0.4, 0.5) is 0 Å². The number of nitrogens with zero attached hydrogens (tertiary/aromatic N) is 2. The fourth-order valence-corrected chi connectivity index (χ4v) is 6.69. The summed E-state index contributed by atoms with van der Waals surface area (Å²) in [4.78, 5) is 46.9. The van der Waals surface area contributed by atoms with Crippen LogP contribution in [0.3, 0.4) is 0 Å². The maximum atomic E-state index is 12.1. The lowest BCUT2D eigenvalue weighted by Crippen LogP contribution is -2.31. The molecule has 0 aromatic rings. The number of carbonyl (C=O) groups excluding carboxylic acids is 4. The molecule has 4 amide bonds. The van der Waals surface area contributed by atoms with Gasteiger partial charge in [-0.05, 0) is 25.7 Å². The first kappa shape index (κ1) is 29.1. The van der Waals surface area contributed by atoms with E-state index in [0.29, 0.717) is 49.6 Å². The van der Waals surface area contributed by atoms with Gasteiger partial charge in [-0.2, -0.15) is 0 Å². The Balaban J connectivity index is 0.000000192. The SMILES string of the molecule is O=C1C2CC=CCC2C(=O)N1SC(Cl)(Cl)C(Cl)Cl.O=C1C2CC=CCC2C(=O)N1SC(Cl)(Cl)Cl. The van der Waals surface area contributed by atoms with E-state index in [0.717, 1.165) is 8.61 Å². The second-order valence-electron chi connectivity index (χ2n) is 7.74. The van der Waals surface area contributed by atoms with Crippen molar-refractivity contribution in [2.75, 3.05) is 0 Å². The summed E-state index contributed by atoms with van der Waals surface area (Å²) >= 11 is 41.0. The number of imide groups is 2. The van der Waals surface area contributed by atoms with Gasteiger partial charge >= 0.3 is 0 Å². The van der Waals surface area contributed by atoms with E-state index in [9.17, 15) is 19.2 Å². The molecular formula is C19H17Cl7N2O4S2. The highest BCUT2D eigenvalue weighted by atomic mass is 35.6. The normalized spacial score (nSPS) is 28.9. The number of hydrogen-bond donors (Lipinski definition) is 0. The summed E-state index contributed by atoms with van der Waals surface area (Å²) in [5.41, 5.74) is 0. The van der Waals surface area contributed by atoms with Crippen molar-refractivity contribution in [3.8, 4) is 0 Å². The van der Waals surface area contributed by atoms with Crippen molar-refractivity contribution in [3.63, 3.8) is 0 Å². The Kier molecular flexibility index (Phi) is 9.81. The van der Waals surface area contributed by atoms with Gasteiger partial charge in [-0.15, -0.1) is 23.2 Å². The van der Waals surface area contributed by atoms with Gasteiger partial charge in [0, 0.05) is 23.9 Å². The predicted molar refractivity (Wildman–Crippen MR) is 140 cm³/mol. The molecule has 34 heavy (non-hydrogen) atoms. The first-order valence-corrected chi connectivity index (χ1v) is 14.2. The topological polar surface area (TPSA) is 74.8 Å². The Morgan fingerprint density at radius 2 is 0.941 bits per heavy atom. The average Bonchev–Trinajstić information content (AvgIpc) is 3.14. The fourth-order valence-electron chi connectivity index (χ4n) is 3.98. The maximum Gasteiger partial charge on any atom is 0.256 e. The molecule has 2 aliphatic carbocycles. The Morgan fingerprint density at radius 3 is 1.21 bits per heavy atom. The van der Waals surface area contributed by atoms with Crippen LogP contribution in [0.15, 0.2) is 24.3 Å². The fraction of sp³-hybridized carbons (Fsp3) is 0.579. The number of amides is 4. The van der Waals surface area contributed by atoms with E-state index in [1.54, 1.807) is 0 Å². The van der Waals surface area contributed by atoms with Crippen molar-refractivity contribution >= 4 is 129 Å². The van der Waals surface area contributed by atoms with Crippen LogP contribution in [0, 0.1) is 23.7 Å². The van der Waals surface area contributed by atoms with E-state index in [1.165, 1.54) is 0 Å². The van der Waals surface area contributed by atoms with Crippen LogP contribution in [0.1, 0.15) is 25.7 Å². The summed E-state index contributed by atoms with van der Waals surface area (Å²) in [5, 5.41) is 0. The van der Waals surface area contributed by atoms with Crippen LogP contribution in [0.25, 0.3) is 0 Å². The molecule has 2 fully saturated rings. The zero-order chi connectivity index (χ0) is 25.4. The Labute approximate surface area is 240 Å². The molecule has 188 valence electrons. The van der Waals surface area contributed by atoms with Gasteiger partial charge in [-0.3, -0.25) is 19.2 Å². The molecule has 2 saturated heterocycles. The highest BCUT2D eigenvalue weighted by Crippen LogP contribution is 2.49. The van der Waals surface area contributed by atoms with Crippen LogP contribution >= 0.6 is 105 Å². The Hall–Kier alpha value is 0.490. The minimum Gasteiger partial charge on any atom is -0.273 e. The number of alkyl halides is 7. The molecule has 15 heteroatoms. The van der Waals surface area contributed by atoms with E-state index < -0.39 is 11.6 Å². The van der Waals surface area contributed by atoms with Crippen LogP contribution in [0.5, 0.6) is 0 Å². The van der Waals surface area contributed by atoms with E-state index >= 15 is 0 Å². The van der Waals surface area contributed by atoms with Crippen molar-refractivity contribution in [1.29, 1.82) is 0 Å². The van der Waals surface area contributed by atoms with Crippen LogP contribution in [-0.2, 0) is 19.2 Å². The van der Waals surface area contributed by atoms with Gasteiger partial charge in [-0.1, -0.05) is 82.3 Å². The molecule has 4 aliphatic rings. The zero-order valence-corrected chi connectivity index (χ0v) is 23.9. The van der Waals surface area contributed by atoms with Gasteiger partial charge in [0.25, 0.3) is 3.12 Å². The second-order valence-corrected chi connectivity index (χ2v) is 16.0. The summed E-state index contributed by atoms with van der Waals surface area (Å²) < 4.78 is -1.32. The maximum absolute atomic E-state index is 12.1. The molecule has 0 bridgehead atoms. The van der Waals surface area contributed by atoms with Crippen molar-refractivity contribution in [3.05, 3.63) is 24.3 Å². The molecular weight excluding hydrogens is 633 g/mol. The quantitative estimate of drug-likeness (QED) is 0.151. The van der Waals surface area contributed by atoms with Gasteiger partial charge in [0.1, 0.15) is 0 Å². The summed E-state index contributed by atoms with van der Waals surface area (Å²) in [6.07, 6.45) is 9.94.